The Morgan fingerprint density at radius 1 is 1.11 bits per heavy atom. The quantitative estimate of drug-likeness (QED) is 0.689. The van der Waals surface area contributed by atoms with Crippen LogP contribution in [0.2, 0.25) is 0 Å². The maximum absolute atomic E-state index is 12.4. The summed E-state index contributed by atoms with van der Waals surface area (Å²) in [5.41, 5.74) is 9.04. The van der Waals surface area contributed by atoms with Gasteiger partial charge >= 0.3 is 0 Å². The number of aliphatic hydroxyl groups is 1. The van der Waals surface area contributed by atoms with Crippen molar-refractivity contribution in [1.82, 2.24) is 10.2 Å². The fourth-order valence-electron chi connectivity index (χ4n) is 3.68. The van der Waals surface area contributed by atoms with Gasteiger partial charge in [-0.2, -0.15) is 0 Å². The number of hydrogen-bond acceptors (Lipinski definition) is 4. The zero-order valence-electron chi connectivity index (χ0n) is 16.6. The summed E-state index contributed by atoms with van der Waals surface area (Å²) in [6.07, 6.45) is 1.58. The van der Waals surface area contributed by atoms with Crippen molar-refractivity contribution < 1.29 is 9.90 Å². The Kier molecular flexibility index (Phi) is 7.20. The summed E-state index contributed by atoms with van der Waals surface area (Å²) < 4.78 is 0. The topological polar surface area (TPSA) is 78.6 Å². The number of benzene rings is 2. The maximum atomic E-state index is 12.4. The van der Waals surface area contributed by atoms with Gasteiger partial charge in [0, 0.05) is 13.1 Å². The molecule has 0 bridgehead atoms. The van der Waals surface area contributed by atoms with Gasteiger partial charge in [-0.15, -0.1) is 0 Å². The van der Waals surface area contributed by atoms with Gasteiger partial charge in [-0.3, -0.25) is 4.79 Å². The lowest BCUT2D eigenvalue weighted by Crippen LogP contribution is -2.42. The molecule has 1 aliphatic heterocycles. The summed E-state index contributed by atoms with van der Waals surface area (Å²) >= 11 is 0. The fraction of sp³-hybridized carbons (Fsp3) is 0.435. The second-order valence-electron chi connectivity index (χ2n) is 7.80. The van der Waals surface area contributed by atoms with Gasteiger partial charge in [0.05, 0.1) is 6.10 Å². The molecule has 1 heterocycles. The molecule has 0 aromatic heterocycles. The minimum atomic E-state index is -0.623. The van der Waals surface area contributed by atoms with E-state index in [1.165, 1.54) is 0 Å². The van der Waals surface area contributed by atoms with E-state index in [9.17, 15) is 9.90 Å². The van der Waals surface area contributed by atoms with E-state index in [-0.39, 0.29) is 5.91 Å². The highest BCUT2D eigenvalue weighted by molar-refractivity contribution is 5.82. The molecule has 0 spiro atoms. The van der Waals surface area contributed by atoms with Gasteiger partial charge in [-0.25, -0.2) is 0 Å². The summed E-state index contributed by atoms with van der Waals surface area (Å²) in [6, 6.07) is 16.9. The van der Waals surface area contributed by atoms with E-state index >= 15 is 0 Å². The molecule has 4 N–H and O–H groups in total. The third kappa shape index (κ3) is 5.64. The molecular weight excluding hydrogens is 350 g/mol. The molecule has 2 aromatic carbocycles. The van der Waals surface area contributed by atoms with E-state index < -0.39 is 12.1 Å². The Morgan fingerprint density at radius 3 is 2.39 bits per heavy atom. The SMILES string of the molecule is Cc1ccc(C(N)C(=O)NCC2CCN(CC(O)c3ccccc3)CC2)cc1. The molecule has 0 saturated carbocycles. The van der Waals surface area contributed by atoms with Crippen LogP contribution in [0.4, 0.5) is 0 Å². The highest BCUT2D eigenvalue weighted by Crippen LogP contribution is 2.20. The van der Waals surface area contributed by atoms with E-state index in [0.717, 1.165) is 42.6 Å². The lowest BCUT2D eigenvalue weighted by atomic mass is 9.96. The van der Waals surface area contributed by atoms with Crippen LogP contribution < -0.4 is 11.1 Å². The summed E-state index contributed by atoms with van der Waals surface area (Å²) in [4.78, 5) is 14.7. The van der Waals surface area contributed by atoms with Crippen molar-refractivity contribution in [2.75, 3.05) is 26.2 Å². The molecule has 1 saturated heterocycles. The van der Waals surface area contributed by atoms with Crippen molar-refractivity contribution >= 4 is 5.91 Å². The number of hydrogen-bond donors (Lipinski definition) is 3. The van der Waals surface area contributed by atoms with E-state index in [1.54, 1.807) is 0 Å². The van der Waals surface area contributed by atoms with E-state index in [4.69, 9.17) is 5.73 Å². The molecule has 2 aromatic rings. The van der Waals surface area contributed by atoms with Gasteiger partial charge in [-0.05, 0) is 49.9 Å². The minimum absolute atomic E-state index is 0.120. The van der Waals surface area contributed by atoms with E-state index in [0.29, 0.717) is 19.0 Å². The molecule has 5 heteroatoms. The third-order valence-electron chi connectivity index (χ3n) is 5.61. The van der Waals surface area contributed by atoms with Crippen molar-refractivity contribution in [3.63, 3.8) is 0 Å². The molecule has 28 heavy (non-hydrogen) atoms. The molecule has 0 aliphatic carbocycles. The maximum Gasteiger partial charge on any atom is 0.241 e. The number of nitrogens with zero attached hydrogens (tertiary/aromatic N) is 1. The Hall–Kier alpha value is -2.21. The van der Waals surface area contributed by atoms with Gasteiger partial charge in [0.25, 0.3) is 0 Å². The van der Waals surface area contributed by atoms with Crippen LogP contribution >= 0.6 is 0 Å². The van der Waals surface area contributed by atoms with Crippen molar-refractivity contribution in [1.29, 1.82) is 0 Å². The molecule has 2 unspecified atom stereocenters. The van der Waals surface area contributed by atoms with Crippen LogP contribution in [0.1, 0.15) is 41.7 Å². The number of piperidine rings is 1. The predicted octanol–water partition coefficient (Wildman–Crippen LogP) is 2.56. The van der Waals surface area contributed by atoms with Crippen LogP contribution in [0.3, 0.4) is 0 Å². The summed E-state index contributed by atoms with van der Waals surface area (Å²) in [6.45, 7) is 5.21. The first-order chi connectivity index (χ1) is 13.5. The monoisotopic (exact) mass is 381 g/mol. The molecule has 150 valence electrons. The van der Waals surface area contributed by atoms with Crippen molar-refractivity contribution in [2.24, 2.45) is 11.7 Å². The summed E-state index contributed by atoms with van der Waals surface area (Å²) in [7, 11) is 0. The fourth-order valence-corrected chi connectivity index (χ4v) is 3.68. The molecule has 2 atom stereocenters. The van der Waals surface area contributed by atoms with Crippen LogP contribution in [0.5, 0.6) is 0 Å². The Balaban J connectivity index is 1.39. The highest BCUT2D eigenvalue weighted by atomic mass is 16.3. The minimum Gasteiger partial charge on any atom is -0.387 e. The number of amides is 1. The third-order valence-corrected chi connectivity index (χ3v) is 5.61. The Labute approximate surface area is 167 Å². The van der Waals surface area contributed by atoms with Crippen molar-refractivity contribution in [3.8, 4) is 0 Å². The first-order valence-corrected chi connectivity index (χ1v) is 10.1. The molecule has 0 radical (unpaired) electrons. The van der Waals surface area contributed by atoms with E-state index in [2.05, 4.69) is 10.2 Å². The summed E-state index contributed by atoms with van der Waals surface area (Å²) in [5.74, 6) is 0.338. The number of β-amino-alcohol motifs (C(OH)–C–C–N with tert-alkyl or cyclic N) is 1. The molecule has 1 fully saturated rings. The van der Waals surface area contributed by atoms with Crippen molar-refractivity contribution in [3.05, 3.63) is 71.3 Å². The molecule has 1 aliphatic rings. The van der Waals surface area contributed by atoms with Gasteiger partial charge in [0.1, 0.15) is 6.04 Å². The largest absolute Gasteiger partial charge is 0.387 e. The summed E-state index contributed by atoms with van der Waals surface area (Å²) in [5, 5.41) is 13.4. The van der Waals surface area contributed by atoms with Crippen molar-refractivity contribution in [2.45, 2.75) is 31.9 Å². The number of nitrogens with two attached hydrogens (primary N) is 1. The first kappa shape index (κ1) is 20.5. The number of nitrogens with one attached hydrogen (secondary N) is 1. The lowest BCUT2D eigenvalue weighted by Gasteiger charge is -2.33. The molecule has 5 nitrogen and oxygen atoms in total. The second kappa shape index (κ2) is 9.82. The normalized spacial score (nSPS) is 17.8. The average molecular weight is 382 g/mol. The highest BCUT2D eigenvalue weighted by Gasteiger charge is 2.23. The number of carbonyl (C=O) groups is 1. The number of aryl methyl sites for hydroxylation is 1. The van der Waals surface area contributed by atoms with Crippen LogP contribution in [-0.2, 0) is 4.79 Å². The zero-order chi connectivity index (χ0) is 19.9. The molecule has 1 amide bonds. The number of likely N-dealkylation sites (tertiary alicyclic amines) is 1. The first-order valence-electron chi connectivity index (χ1n) is 10.1. The van der Waals surface area contributed by atoms with Gasteiger partial charge in [0.15, 0.2) is 0 Å². The standard InChI is InChI=1S/C23H31N3O2/c1-17-7-9-20(10-8-17)22(24)23(28)25-15-18-11-13-26(14-12-18)16-21(27)19-5-3-2-4-6-19/h2-10,18,21-22,27H,11-16,24H2,1H3,(H,25,28). The molecular formula is C23H31N3O2. The Morgan fingerprint density at radius 2 is 1.75 bits per heavy atom. The van der Waals surface area contributed by atoms with Gasteiger partial charge in [-0.1, -0.05) is 60.2 Å². The van der Waals surface area contributed by atoms with Crippen LogP contribution in [0.25, 0.3) is 0 Å². The smallest absolute Gasteiger partial charge is 0.241 e. The number of aliphatic hydroxyl groups excluding tert-OH is 1. The number of rotatable bonds is 7. The second-order valence-corrected chi connectivity index (χ2v) is 7.80. The zero-order valence-corrected chi connectivity index (χ0v) is 16.6. The Bertz CT molecular complexity index is 740. The number of carbonyl (C=O) groups excluding carboxylic acids is 1. The predicted molar refractivity (Wildman–Crippen MR) is 112 cm³/mol. The van der Waals surface area contributed by atoms with Crippen LogP contribution in [0.15, 0.2) is 54.6 Å². The lowest BCUT2D eigenvalue weighted by molar-refractivity contribution is -0.122. The van der Waals surface area contributed by atoms with Crippen LogP contribution in [0, 0.1) is 12.8 Å². The van der Waals surface area contributed by atoms with E-state index in [1.807, 2.05) is 61.5 Å². The average Bonchev–Trinajstić information content (AvgIpc) is 2.73. The molecule has 3 rings (SSSR count). The van der Waals surface area contributed by atoms with Crippen LogP contribution in [-0.4, -0.2) is 42.1 Å². The van der Waals surface area contributed by atoms with Gasteiger partial charge < -0.3 is 21.1 Å². The van der Waals surface area contributed by atoms with Gasteiger partial charge in [0.2, 0.25) is 5.91 Å².